The van der Waals surface area contributed by atoms with E-state index in [1.54, 1.807) is 0 Å². The van der Waals surface area contributed by atoms with Crippen molar-refractivity contribution >= 4 is 17.5 Å². The molecule has 132 valence electrons. The maximum Gasteiger partial charge on any atom is 0.276 e. The highest BCUT2D eigenvalue weighted by Crippen LogP contribution is 2.32. The van der Waals surface area contributed by atoms with Gasteiger partial charge in [0.05, 0.1) is 12.2 Å². The molecule has 0 N–H and O–H groups in total. The van der Waals surface area contributed by atoms with Crippen LogP contribution < -0.4 is 0 Å². The van der Waals surface area contributed by atoms with Gasteiger partial charge in [-0.15, -0.1) is 5.10 Å². The van der Waals surface area contributed by atoms with Crippen LogP contribution in [0.2, 0.25) is 5.02 Å². The molecule has 0 spiro atoms. The van der Waals surface area contributed by atoms with E-state index in [0.29, 0.717) is 24.2 Å². The van der Waals surface area contributed by atoms with E-state index >= 15 is 0 Å². The number of amides is 1. The predicted molar refractivity (Wildman–Crippen MR) is 96.9 cm³/mol. The molecule has 1 aromatic heterocycles. The molecule has 0 radical (unpaired) electrons. The number of likely N-dealkylation sites (tertiary alicyclic amines) is 1. The second-order valence-corrected chi connectivity index (χ2v) is 7.54. The molecule has 1 amide bonds. The van der Waals surface area contributed by atoms with Crippen LogP contribution in [-0.2, 0) is 0 Å². The minimum atomic E-state index is -0.0170. The number of benzene rings is 1. The largest absolute Gasteiger partial charge is 0.337 e. The van der Waals surface area contributed by atoms with Gasteiger partial charge >= 0.3 is 0 Å². The second-order valence-electron chi connectivity index (χ2n) is 7.13. The first-order valence-corrected chi connectivity index (χ1v) is 9.55. The van der Waals surface area contributed by atoms with Crippen molar-refractivity contribution in [2.75, 3.05) is 13.1 Å². The zero-order valence-corrected chi connectivity index (χ0v) is 15.0. The SMILES string of the molecule is O=C(c1cn(C2CCCCC2)nn1)N1CCC(c2ccccc2Cl)C1. The van der Waals surface area contributed by atoms with Gasteiger partial charge in [-0.1, -0.05) is 54.3 Å². The first-order chi connectivity index (χ1) is 12.2. The first-order valence-electron chi connectivity index (χ1n) is 9.18. The van der Waals surface area contributed by atoms with E-state index in [1.807, 2.05) is 34.0 Å². The van der Waals surface area contributed by atoms with Crippen LogP contribution in [0.25, 0.3) is 0 Å². The van der Waals surface area contributed by atoms with Crippen LogP contribution in [0.4, 0.5) is 0 Å². The highest BCUT2D eigenvalue weighted by Gasteiger charge is 2.30. The fraction of sp³-hybridized carbons (Fsp3) is 0.526. The summed E-state index contributed by atoms with van der Waals surface area (Å²) >= 11 is 6.31. The van der Waals surface area contributed by atoms with Crippen LogP contribution >= 0.6 is 11.6 Å². The molecule has 6 heteroatoms. The minimum absolute atomic E-state index is 0.0170. The summed E-state index contributed by atoms with van der Waals surface area (Å²) < 4.78 is 1.90. The molecule has 1 unspecified atom stereocenters. The molecule has 2 aliphatic rings. The molecule has 2 aromatic rings. The number of carbonyl (C=O) groups excluding carboxylic acids is 1. The topological polar surface area (TPSA) is 51.0 Å². The number of hydrogen-bond donors (Lipinski definition) is 0. The summed E-state index contributed by atoms with van der Waals surface area (Å²) in [7, 11) is 0. The molecule has 1 atom stereocenters. The third kappa shape index (κ3) is 3.43. The molecular formula is C19H23ClN4O. The third-order valence-electron chi connectivity index (χ3n) is 5.50. The third-order valence-corrected chi connectivity index (χ3v) is 5.84. The Morgan fingerprint density at radius 2 is 1.92 bits per heavy atom. The summed E-state index contributed by atoms with van der Waals surface area (Å²) in [4.78, 5) is 14.7. The fourth-order valence-electron chi connectivity index (χ4n) is 4.07. The Bertz CT molecular complexity index is 753. The predicted octanol–water partition coefficient (Wildman–Crippen LogP) is 4.07. The average Bonchev–Trinajstić information content (AvgIpc) is 3.32. The van der Waals surface area contributed by atoms with Crippen molar-refractivity contribution < 1.29 is 4.79 Å². The lowest BCUT2D eigenvalue weighted by atomic mass is 9.96. The molecule has 2 heterocycles. The van der Waals surface area contributed by atoms with Crippen LogP contribution in [-0.4, -0.2) is 38.9 Å². The molecule has 2 fully saturated rings. The molecule has 1 aliphatic heterocycles. The smallest absolute Gasteiger partial charge is 0.276 e. The normalized spacial score (nSPS) is 21.6. The van der Waals surface area contributed by atoms with Gasteiger partial charge in [-0.2, -0.15) is 0 Å². The summed E-state index contributed by atoms with van der Waals surface area (Å²) in [6.07, 6.45) is 8.81. The van der Waals surface area contributed by atoms with Gasteiger partial charge in [0.1, 0.15) is 0 Å². The summed E-state index contributed by atoms with van der Waals surface area (Å²) in [6, 6.07) is 8.31. The summed E-state index contributed by atoms with van der Waals surface area (Å²) in [5.74, 6) is 0.280. The van der Waals surface area contributed by atoms with Crippen molar-refractivity contribution in [3.63, 3.8) is 0 Å². The van der Waals surface area contributed by atoms with Crippen molar-refractivity contribution in [2.45, 2.75) is 50.5 Å². The zero-order chi connectivity index (χ0) is 17.2. The van der Waals surface area contributed by atoms with Crippen molar-refractivity contribution in [3.8, 4) is 0 Å². The lowest BCUT2D eigenvalue weighted by molar-refractivity contribution is 0.0785. The van der Waals surface area contributed by atoms with Crippen molar-refractivity contribution in [2.24, 2.45) is 0 Å². The van der Waals surface area contributed by atoms with Gasteiger partial charge in [0, 0.05) is 24.0 Å². The maximum atomic E-state index is 12.8. The monoisotopic (exact) mass is 358 g/mol. The molecule has 0 bridgehead atoms. The number of carbonyl (C=O) groups is 1. The molecule has 25 heavy (non-hydrogen) atoms. The molecule has 1 saturated carbocycles. The van der Waals surface area contributed by atoms with E-state index in [-0.39, 0.29) is 5.91 Å². The lowest BCUT2D eigenvalue weighted by Crippen LogP contribution is -2.28. The van der Waals surface area contributed by atoms with Gasteiger partial charge in [-0.3, -0.25) is 4.79 Å². The van der Waals surface area contributed by atoms with Crippen LogP contribution in [0.5, 0.6) is 0 Å². The number of halogens is 1. The van der Waals surface area contributed by atoms with Gasteiger partial charge in [0.2, 0.25) is 0 Å². The van der Waals surface area contributed by atoms with Crippen molar-refractivity contribution in [1.82, 2.24) is 19.9 Å². The van der Waals surface area contributed by atoms with Gasteiger partial charge in [-0.25, -0.2) is 4.68 Å². The lowest BCUT2D eigenvalue weighted by Gasteiger charge is -2.21. The van der Waals surface area contributed by atoms with Crippen LogP contribution in [0.15, 0.2) is 30.5 Å². The highest BCUT2D eigenvalue weighted by atomic mass is 35.5. The Morgan fingerprint density at radius 3 is 2.72 bits per heavy atom. The number of nitrogens with zero attached hydrogens (tertiary/aromatic N) is 4. The molecule has 5 nitrogen and oxygen atoms in total. The molecular weight excluding hydrogens is 336 g/mol. The van der Waals surface area contributed by atoms with Crippen LogP contribution in [0.1, 0.15) is 66.5 Å². The standard InChI is InChI=1S/C19H23ClN4O/c20-17-9-5-4-8-16(17)14-10-11-23(12-14)19(25)18-13-24(22-21-18)15-6-2-1-3-7-15/h4-5,8-9,13-15H,1-3,6-7,10-12H2. The van der Waals surface area contributed by atoms with E-state index in [2.05, 4.69) is 16.4 Å². The molecule has 1 saturated heterocycles. The van der Waals surface area contributed by atoms with E-state index in [1.165, 1.54) is 19.3 Å². The Kier molecular flexibility index (Phi) is 4.75. The Hall–Kier alpha value is -1.88. The van der Waals surface area contributed by atoms with Gasteiger partial charge in [-0.05, 0) is 30.9 Å². The summed E-state index contributed by atoms with van der Waals surface area (Å²) in [6.45, 7) is 1.43. The number of rotatable bonds is 3. The number of hydrogen-bond acceptors (Lipinski definition) is 3. The Labute approximate surface area is 153 Å². The molecule has 4 rings (SSSR count). The van der Waals surface area contributed by atoms with Crippen LogP contribution in [0.3, 0.4) is 0 Å². The quantitative estimate of drug-likeness (QED) is 0.831. The molecule has 1 aromatic carbocycles. The van der Waals surface area contributed by atoms with Gasteiger partial charge < -0.3 is 4.90 Å². The van der Waals surface area contributed by atoms with Crippen molar-refractivity contribution in [3.05, 3.63) is 46.7 Å². The maximum absolute atomic E-state index is 12.8. The second kappa shape index (κ2) is 7.16. The van der Waals surface area contributed by atoms with Crippen molar-refractivity contribution in [1.29, 1.82) is 0 Å². The minimum Gasteiger partial charge on any atom is -0.337 e. The summed E-state index contributed by atoms with van der Waals surface area (Å²) in [5.41, 5.74) is 1.59. The van der Waals surface area contributed by atoms with E-state index in [4.69, 9.17) is 11.6 Å². The van der Waals surface area contributed by atoms with Crippen LogP contribution in [0, 0.1) is 0 Å². The van der Waals surface area contributed by atoms with E-state index < -0.39 is 0 Å². The molecule has 1 aliphatic carbocycles. The number of aromatic nitrogens is 3. The van der Waals surface area contributed by atoms with Gasteiger partial charge in [0.25, 0.3) is 5.91 Å². The van der Waals surface area contributed by atoms with Gasteiger partial charge in [0.15, 0.2) is 5.69 Å². The Morgan fingerprint density at radius 1 is 1.12 bits per heavy atom. The van der Waals surface area contributed by atoms with E-state index in [0.717, 1.165) is 36.4 Å². The van der Waals surface area contributed by atoms with E-state index in [9.17, 15) is 4.79 Å². The fourth-order valence-corrected chi connectivity index (χ4v) is 4.36. The first kappa shape index (κ1) is 16.6. The zero-order valence-electron chi connectivity index (χ0n) is 14.3. The summed E-state index contributed by atoms with van der Waals surface area (Å²) in [5, 5.41) is 9.15. The Balaban J connectivity index is 1.43. The highest BCUT2D eigenvalue weighted by molar-refractivity contribution is 6.31. The average molecular weight is 359 g/mol.